The van der Waals surface area contributed by atoms with Gasteiger partial charge in [-0.1, -0.05) is 26.7 Å². The Morgan fingerprint density at radius 3 is 2.61 bits per heavy atom. The SMILES string of the molecule is CCC(CC)CNc1ccc([N+](=O)[O-])c(C#N)c1. The summed E-state index contributed by atoms with van der Waals surface area (Å²) in [6, 6.07) is 6.39. The Kier molecular flexibility index (Phi) is 5.12. The zero-order valence-electron chi connectivity index (χ0n) is 10.6. The summed E-state index contributed by atoms with van der Waals surface area (Å²) in [6.45, 7) is 5.08. The maximum Gasteiger partial charge on any atom is 0.287 e. The fourth-order valence-electron chi connectivity index (χ4n) is 1.73. The summed E-state index contributed by atoms with van der Waals surface area (Å²) < 4.78 is 0. The van der Waals surface area contributed by atoms with E-state index in [1.54, 1.807) is 6.07 Å². The lowest BCUT2D eigenvalue weighted by Crippen LogP contribution is -2.12. The molecule has 5 nitrogen and oxygen atoms in total. The lowest BCUT2D eigenvalue weighted by atomic mass is 10.0. The first-order valence-electron chi connectivity index (χ1n) is 6.04. The Hall–Kier alpha value is -2.09. The van der Waals surface area contributed by atoms with Crippen LogP contribution in [0.3, 0.4) is 0 Å². The van der Waals surface area contributed by atoms with Gasteiger partial charge < -0.3 is 5.32 Å². The van der Waals surface area contributed by atoms with Crippen molar-refractivity contribution in [1.29, 1.82) is 5.26 Å². The number of hydrogen-bond donors (Lipinski definition) is 1. The molecule has 5 heteroatoms. The van der Waals surface area contributed by atoms with Gasteiger partial charge in [-0.2, -0.15) is 5.26 Å². The number of anilines is 1. The van der Waals surface area contributed by atoms with Crippen LogP contribution in [0.5, 0.6) is 0 Å². The molecule has 0 radical (unpaired) electrons. The van der Waals surface area contributed by atoms with E-state index in [9.17, 15) is 10.1 Å². The van der Waals surface area contributed by atoms with E-state index in [0.717, 1.165) is 25.1 Å². The van der Waals surface area contributed by atoms with Crippen LogP contribution in [-0.4, -0.2) is 11.5 Å². The predicted molar refractivity (Wildman–Crippen MR) is 70.4 cm³/mol. The average Bonchev–Trinajstić information content (AvgIpc) is 2.39. The Bertz CT molecular complexity index is 462. The number of nitro benzene ring substituents is 1. The van der Waals surface area contributed by atoms with Gasteiger partial charge in [-0.15, -0.1) is 0 Å². The molecule has 0 spiro atoms. The van der Waals surface area contributed by atoms with Crippen LogP contribution in [0.4, 0.5) is 11.4 Å². The summed E-state index contributed by atoms with van der Waals surface area (Å²) in [5.41, 5.74) is 0.698. The van der Waals surface area contributed by atoms with Crippen molar-refractivity contribution in [2.45, 2.75) is 26.7 Å². The molecule has 1 aromatic rings. The first kappa shape index (κ1) is 14.0. The molecule has 0 saturated heterocycles. The molecule has 18 heavy (non-hydrogen) atoms. The normalized spacial score (nSPS) is 10.1. The number of benzene rings is 1. The first-order chi connectivity index (χ1) is 8.62. The van der Waals surface area contributed by atoms with Gasteiger partial charge in [0.2, 0.25) is 0 Å². The Morgan fingerprint density at radius 1 is 1.44 bits per heavy atom. The molecule has 0 fully saturated rings. The molecule has 0 heterocycles. The summed E-state index contributed by atoms with van der Waals surface area (Å²) in [5.74, 6) is 0.575. The Labute approximate surface area is 107 Å². The predicted octanol–water partition coefficient (Wildman–Crippen LogP) is 3.31. The zero-order valence-corrected chi connectivity index (χ0v) is 10.6. The van der Waals surface area contributed by atoms with Crippen molar-refractivity contribution in [3.05, 3.63) is 33.9 Å². The third-order valence-electron chi connectivity index (χ3n) is 3.06. The highest BCUT2D eigenvalue weighted by molar-refractivity contribution is 5.58. The number of nitrogens with one attached hydrogen (secondary N) is 1. The van der Waals surface area contributed by atoms with E-state index >= 15 is 0 Å². The smallest absolute Gasteiger partial charge is 0.287 e. The largest absolute Gasteiger partial charge is 0.385 e. The van der Waals surface area contributed by atoms with E-state index in [0.29, 0.717) is 5.92 Å². The van der Waals surface area contributed by atoms with Crippen LogP contribution in [0.25, 0.3) is 0 Å². The molecular formula is C13H17N3O2. The first-order valence-corrected chi connectivity index (χ1v) is 6.04. The minimum absolute atomic E-state index is 0.0922. The van der Waals surface area contributed by atoms with Gasteiger partial charge >= 0.3 is 0 Å². The van der Waals surface area contributed by atoms with Crippen molar-refractivity contribution in [3.63, 3.8) is 0 Å². The molecule has 0 saturated carbocycles. The van der Waals surface area contributed by atoms with Gasteiger partial charge in [0, 0.05) is 18.3 Å². The Balaban J connectivity index is 2.81. The van der Waals surface area contributed by atoms with Crippen LogP contribution in [0.15, 0.2) is 18.2 Å². The molecule has 0 atom stereocenters. The van der Waals surface area contributed by atoms with Crippen LogP contribution >= 0.6 is 0 Å². The second kappa shape index (κ2) is 6.60. The standard InChI is InChI=1S/C13H17N3O2/c1-3-10(4-2)9-15-12-5-6-13(16(17)18)11(7-12)8-14/h5-7,10,15H,3-4,9H2,1-2H3. The summed E-state index contributed by atoms with van der Waals surface area (Å²) in [6.07, 6.45) is 2.17. The zero-order chi connectivity index (χ0) is 13.5. The summed E-state index contributed by atoms with van der Waals surface area (Å²) >= 11 is 0. The molecule has 0 aromatic heterocycles. The molecule has 1 aromatic carbocycles. The molecule has 0 aliphatic carbocycles. The second-order valence-corrected chi connectivity index (χ2v) is 4.16. The summed E-state index contributed by atoms with van der Waals surface area (Å²) in [5, 5.41) is 22.8. The van der Waals surface area contributed by atoms with Crippen molar-refractivity contribution in [1.82, 2.24) is 0 Å². The highest BCUT2D eigenvalue weighted by Crippen LogP contribution is 2.22. The van der Waals surface area contributed by atoms with Crippen LogP contribution in [0, 0.1) is 27.4 Å². The number of rotatable bonds is 6. The maximum absolute atomic E-state index is 10.7. The number of hydrogen-bond acceptors (Lipinski definition) is 4. The molecule has 1 rings (SSSR count). The van der Waals surface area contributed by atoms with Crippen molar-refractivity contribution in [3.8, 4) is 6.07 Å². The fraction of sp³-hybridized carbons (Fsp3) is 0.462. The van der Waals surface area contributed by atoms with E-state index in [4.69, 9.17) is 5.26 Å². The van der Waals surface area contributed by atoms with Crippen LogP contribution in [0.1, 0.15) is 32.3 Å². The maximum atomic E-state index is 10.7. The highest BCUT2D eigenvalue weighted by Gasteiger charge is 2.13. The molecule has 0 aliphatic heterocycles. The van der Waals surface area contributed by atoms with Crippen molar-refractivity contribution < 1.29 is 4.92 Å². The minimum Gasteiger partial charge on any atom is -0.385 e. The van der Waals surface area contributed by atoms with Gasteiger partial charge in [0.25, 0.3) is 5.69 Å². The Morgan fingerprint density at radius 2 is 2.11 bits per heavy atom. The second-order valence-electron chi connectivity index (χ2n) is 4.16. The van der Waals surface area contributed by atoms with E-state index in [1.807, 2.05) is 6.07 Å². The van der Waals surface area contributed by atoms with E-state index < -0.39 is 4.92 Å². The van der Waals surface area contributed by atoms with E-state index in [1.165, 1.54) is 12.1 Å². The fourth-order valence-corrected chi connectivity index (χ4v) is 1.73. The highest BCUT2D eigenvalue weighted by atomic mass is 16.6. The molecule has 96 valence electrons. The monoisotopic (exact) mass is 247 g/mol. The van der Waals surface area contributed by atoms with Gasteiger partial charge in [0.1, 0.15) is 11.6 Å². The third kappa shape index (κ3) is 3.45. The molecule has 0 amide bonds. The van der Waals surface area contributed by atoms with Gasteiger partial charge in [0.05, 0.1) is 4.92 Å². The van der Waals surface area contributed by atoms with Gasteiger partial charge in [0.15, 0.2) is 0 Å². The molecule has 0 bridgehead atoms. The number of nitro groups is 1. The summed E-state index contributed by atoms with van der Waals surface area (Å²) in [7, 11) is 0. The average molecular weight is 247 g/mol. The van der Waals surface area contributed by atoms with E-state index in [2.05, 4.69) is 19.2 Å². The minimum atomic E-state index is -0.538. The number of nitriles is 1. The third-order valence-corrected chi connectivity index (χ3v) is 3.06. The van der Waals surface area contributed by atoms with Crippen molar-refractivity contribution in [2.75, 3.05) is 11.9 Å². The quantitative estimate of drug-likeness (QED) is 0.617. The lowest BCUT2D eigenvalue weighted by Gasteiger charge is -2.14. The summed E-state index contributed by atoms with van der Waals surface area (Å²) in [4.78, 5) is 10.1. The molecule has 0 unspecified atom stereocenters. The lowest BCUT2D eigenvalue weighted by molar-refractivity contribution is -0.385. The van der Waals surface area contributed by atoms with Gasteiger partial charge in [-0.05, 0) is 18.1 Å². The molecule has 1 N–H and O–H groups in total. The van der Waals surface area contributed by atoms with Crippen LogP contribution in [0.2, 0.25) is 0 Å². The van der Waals surface area contributed by atoms with Gasteiger partial charge in [-0.25, -0.2) is 0 Å². The van der Waals surface area contributed by atoms with Crippen molar-refractivity contribution in [2.24, 2.45) is 5.92 Å². The molecule has 0 aliphatic rings. The van der Waals surface area contributed by atoms with Crippen LogP contribution < -0.4 is 5.32 Å². The number of nitrogens with zero attached hydrogens (tertiary/aromatic N) is 2. The van der Waals surface area contributed by atoms with Crippen LogP contribution in [-0.2, 0) is 0 Å². The van der Waals surface area contributed by atoms with Gasteiger partial charge in [-0.3, -0.25) is 10.1 Å². The van der Waals surface area contributed by atoms with E-state index in [-0.39, 0.29) is 11.3 Å². The molecular weight excluding hydrogens is 230 g/mol. The topological polar surface area (TPSA) is 79.0 Å². The van der Waals surface area contributed by atoms with Crippen molar-refractivity contribution >= 4 is 11.4 Å².